The Morgan fingerprint density at radius 1 is 1.15 bits per heavy atom. The highest BCUT2D eigenvalue weighted by atomic mass is 16.6. The third-order valence-corrected chi connectivity index (χ3v) is 1.87. The third-order valence-electron chi connectivity index (χ3n) is 1.87. The van der Waals surface area contributed by atoms with Gasteiger partial charge in [0.15, 0.2) is 5.75 Å². The Kier molecular flexibility index (Phi) is 3.11. The molecular weight excluding hydrogens is 168 g/mol. The molecule has 72 valence electrons. The van der Waals surface area contributed by atoms with E-state index in [9.17, 15) is 0 Å². The van der Waals surface area contributed by atoms with E-state index in [4.69, 9.17) is 16.6 Å². The lowest BCUT2D eigenvalue weighted by molar-refractivity contribution is 0.320. The van der Waals surface area contributed by atoms with Gasteiger partial charge in [0.05, 0.1) is 0 Å². The van der Waals surface area contributed by atoms with E-state index in [2.05, 4.69) is 4.84 Å². The maximum atomic E-state index is 5.11. The molecule has 1 aromatic rings. The summed E-state index contributed by atoms with van der Waals surface area (Å²) in [7, 11) is 0. The summed E-state index contributed by atoms with van der Waals surface area (Å²) >= 11 is 0. The van der Waals surface area contributed by atoms with Crippen molar-refractivity contribution in [3.05, 3.63) is 23.8 Å². The molecule has 0 heterocycles. The second-order valence-electron chi connectivity index (χ2n) is 3.09. The fourth-order valence-electron chi connectivity index (χ4n) is 1.16. The van der Waals surface area contributed by atoms with Crippen molar-refractivity contribution in [3.63, 3.8) is 0 Å². The van der Waals surface area contributed by atoms with Crippen LogP contribution in [0.25, 0.3) is 0 Å². The number of benzene rings is 1. The Morgan fingerprint density at radius 3 is 2.31 bits per heavy atom. The smallest absolute Gasteiger partial charge is 0.150 e. The zero-order chi connectivity index (χ0) is 9.84. The van der Waals surface area contributed by atoms with Crippen molar-refractivity contribution in [1.29, 1.82) is 0 Å². The van der Waals surface area contributed by atoms with Crippen molar-refractivity contribution in [2.45, 2.75) is 19.8 Å². The first kappa shape index (κ1) is 9.83. The molecule has 0 saturated heterocycles. The third kappa shape index (κ3) is 2.11. The molecule has 4 N–H and O–H groups in total. The minimum atomic E-state index is 0.314. The zero-order valence-electron chi connectivity index (χ0n) is 7.78. The van der Waals surface area contributed by atoms with Crippen molar-refractivity contribution in [2.75, 3.05) is 0 Å². The van der Waals surface area contributed by atoms with Gasteiger partial charge in [0, 0.05) is 5.56 Å². The first-order valence-corrected chi connectivity index (χ1v) is 4.06. The average Bonchev–Trinajstić information content (AvgIpc) is 2.16. The van der Waals surface area contributed by atoms with E-state index < -0.39 is 0 Å². The molecular formula is C9H14N2O2. The van der Waals surface area contributed by atoms with Crippen molar-refractivity contribution >= 4 is 0 Å². The lowest BCUT2D eigenvalue weighted by Gasteiger charge is -2.11. The van der Waals surface area contributed by atoms with E-state index in [1.165, 1.54) is 0 Å². The average molecular weight is 182 g/mol. The maximum absolute atomic E-state index is 5.11. The van der Waals surface area contributed by atoms with Crippen LogP contribution in [0.5, 0.6) is 11.5 Å². The largest absolute Gasteiger partial charge is 0.412 e. The SMILES string of the molecule is CC(C)c1cc(ON)ccc1ON. The minimum absolute atomic E-state index is 0.314. The predicted molar refractivity (Wildman–Crippen MR) is 50.2 cm³/mol. The summed E-state index contributed by atoms with van der Waals surface area (Å²) in [4.78, 5) is 9.32. The predicted octanol–water partition coefficient (Wildman–Crippen LogP) is 1.32. The maximum Gasteiger partial charge on any atom is 0.150 e. The van der Waals surface area contributed by atoms with E-state index >= 15 is 0 Å². The number of hydrogen-bond donors (Lipinski definition) is 2. The molecule has 0 aliphatic carbocycles. The summed E-state index contributed by atoms with van der Waals surface area (Å²) in [6.45, 7) is 4.08. The Morgan fingerprint density at radius 2 is 1.85 bits per heavy atom. The lowest BCUT2D eigenvalue weighted by Crippen LogP contribution is -2.07. The fraction of sp³-hybridized carbons (Fsp3) is 0.333. The van der Waals surface area contributed by atoms with Crippen molar-refractivity contribution < 1.29 is 9.68 Å². The van der Waals surface area contributed by atoms with Crippen LogP contribution < -0.4 is 21.5 Å². The summed E-state index contributed by atoms with van der Waals surface area (Å²) in [5.74, 6) is 11.7. The molecule has 0 saturated carbocycles. The van der Waals surface area contributed by atoms with Gasteiger partial charge in [-0.3, -0.25) is 0 Å². The fourth-order valence-corrected chi connectivity index (χ4v) is 1.16. The summed E-state index contributed by atoms with van der Waals surface area (Å²) < 4.78 is 0. The van der Waals surface area contributed by atoms with E-state index in [0.29, 0.717) is 17.4 Å². The van der Waals surface area contributed by atoms with E-state index in [-0.39, 0.29) is 0 Å². The molecule has 0 atom stereocenters. The summed E-state index contributed by atoms with van der Waals surface area (Å²) in [5.41, 5.74) is 0.977. The Labute approximate surface area is 77.3 Å². The van der Waals surface area contributed by atoms with Crippen LogP contribution in [-0.2, 0) is 0 Å². The highest BCUT2D eigenvalue weighted by Gasteiger charge is 2.08. The van der Waals surface area contributed by atoms with Crippen LogP contribution in [0.1, 0.15) is 25.3 Å². The molecule has 0 bridgehead atoms. The van der Waals surface area contributed by atoms with Gasteiger partial charge in [-0.2, -0.15) is 11.8 Å². The Hall–Kier alpha value is -1.26. The molecule has 0 aromatic heterocycles. The van der Waals surface area contributed by atoms with Crippen LogP contribution in [0.2, 0.25) is 0 Å². The van der Waals surface area contributed by atoms with E-state index in [0.717, 1.165) is 5.56 Å². The number of nitrogens with two attached hydrogens (primary N) is 2. The summed E-state index contributed by atoms with van der Waals surface area (Å²) in [6.07, 6.45) is 0. The van der Waals surface area contributed by atoms with Crippen LogP contribution in [-0.4, -0.2) is 0 Å². The van der Waals surface area contributed by atoms with Crippen LogP contribution in [0.3, 0.4) is 0 Å². The van der Waals surface area contributed by atoms with Gasteiger partial charge in [-0.25, -0.2) is 0 Å². The highest BCUT2D eigenvalue weighted by molar-refractivity contribution is 5.41. The molecule has 0 spiro atoms. The van der Waals surface area contributed by atoms with Crippen LogP contribution in [0.4, 0.5) is 0 Å². The van der Waals surface area contributed by atoms with E-state index in [1.54, 1.807) is 12.1 Å². The second kappa shape index (κ2) is 4.11. The molecule has 1 aromatic carbocycles. The molecule has 1 rings (SSSR count). The molecule has 0 radical (unpaired) electrons. The first-order chi connectivity index (χ1) is 6.19. The Bertz CT molecular complexity index is 287. The monoisotopic (exact) mass is 182 g/mol. The molecule has 4 nitrogen and oxygen atoms in total. The molecule has 13 heavy (non-hydrogen) atoms. The van der Waals surface area contributed by atoms with Crippen molar-refractivity contribution in [3.8, 4) is 11.5 Å². The van der Waals surface area contributed by atoms with Gasteiger partial charge in [-0.15, -0.1) is 0 Å². The number of hydrogen-bond acceptors (Lipinski definition) is 4. The highest BCUT2D eigenvalue weighted by Crippen LogP contribution is 2.29. The zero-order valence-corrected chi connectivity index (χ0v) is 7.78. The van der Waals surface area contributed by atoms with Gasteiger partial charge in [0.1, 0.15) is 5.75 Å². The normalized spacial score (nSPS) is 10.2. The molecule has 0 unspecified atom stereocenters. The summed E-state index contributed by atoms with van der Waals surface area (Å²) in [5, 5.41) is 0. The molecule has 0 aliphatic rings. The first-order valence-electron chi connectivity index (χ1n) is 4.06. The van der Waals surface area contributed by atoms with Crippen LogP contribution in [0.15, 0.2) is 18.2 Å². The minimum Gasteiger partial charge on any atom is -0.412 e. The van der Waals surface area contributed by atoms with Gasteiger partial charge < -0.3 is 9.68 Å². The quantitative estimate of drug-likeness (QED) is 0.691. The lowest BCUT2D eigenvalue weighted by atomic mass is 10.0. The second-order valence-corrected chi connectivity index (χ2v) is 3.09. The van der Waals surface area contributed by atoms with Gasteiger partial charge in [-0.05, 0) is 24.1 Å². The van der Waals surface area contributed by atoms with Gasteiger partial charge in [-0.1, -0.05) is 13.8 Å². The summed E-state index contributed by atoms with van der Waals surface area (Å²) in [6, 6.07) is 5.25. The molecule has 0 fully saturated rings. The van der Waals surface area contributed by atoms with Crippen LogP contribution in [0, 0.1) is 0 Å². The van der Waals surface area contributed by atoms with Crippen molar-refractivity contribution in [1.82, 2.24) is 0 Å². The Balaban J connectivity index is 3.10. The topological polar surface area (TPSA) is 70.5 Å². The standard InChI is InChI=1S/C9H14N2O2/c1-6(2)8-5-7(12-10)3-4-9(8)13-11/h3-6H,10-11H2,1-2H3. The van der Waals surface area contributed by atoms with Gasteiger partial charge >= 0.3 is 0 Å². The van der Waals surface area contributed by atoms with Gasteiger partial charge in [0.2, 0.25) is 0 Å². The van der Waals surface area contributed by atoms with E-state index in [1.807, 2.05) is 19.9 Å². The molecule has 0 amide bonds. The number of rotatable bonds is 3. The van der Waals surface area contributed by atoms with Crippen LogP contribution >= 0.6 is 0 Å². The van der Waals surface area contributed by atoms with Gasteiger partial charge in [0.25, 0.3) is 0 Å². The van der Waals surface area contributed by atoms with Crippen molar-refractivity contribution in [2.24, 2.45) is 11.8 Å². The molecule has 4 heteroatoms. The molecule has 0 aliphatic heterocycles.